The maximum absolute atomic E-state index is 12.9. The van der Waals surface area contributed by atoms with Crippen molar-refractivity contribution in [2.45, 2.75) is 44.3 Å². The van der Waals surface area contributed by atoms with Gasteiger partial charge in [0.25, 0.3) is 6.29 Å². The molecule has 3 unspecified atom stereocenters. The Morgan fingerprint density at radius 3 is 2.65 bits per heavy atom. The lowest BCUT2D eigenvalue weighted by molar-refractivity contribution is -0.353. The average molecular weight is 374 g/mol. The van der Waals surface area contributed by atoms with Gasteiger partial charge in [-0.3, -0.25) is 4.79 Å². The monoisotopic (exact) mass is 374 g/mol. The van der Waals surface area contributed by atoms with Crippen LogP contribution in [0, 0.1) is 5.92 Å². The van der Waals surface area contributed by atoms with E-state index in [1.165, 1.54) is 12.1 Å². The van der Waals surface area contributed by atoms with Crippen molar-refractivity contribution in [2.24, 2.45) is 5.92 Å². The van der Waals surface area contributed by atoms with Crippen molar-refractivity contribution in [3.05, 3.63) is 42.0 Å². The molecule has 5 nitrogen and oxygen atoms in total. The molecule has 1 aliphatic heterocycles. The summed E-state index contributed by atoms with van der Waals surface area (Å²) in [7, 11) is 0. The summed E-state index contributed by atoms with van der Waals surface area (Å²) in [6.45, 7) is -0.164. The summed E-state index contributed by atoms with van der Waals surface area (Å²) >= 11 is 0. The van der Waals surface area contributed by atoms with E-state index >= 15 is 0 Å². The molecule has 3 atom stereocenters. The number of para-hydroxylation sites is 1. The standard InChI is InChI=1S/C18H21F3O5/c19-18(20,21)17-25-11-12(7-3-1-2-4-10-15(23)24)16(26-17)13-8-5-6-9-14(13)22/h1,3,5-6,8-9,12,16-17,22H,2,4,7,10-11H2,(H,23,24). The van der Waals surface area contributed by atoms with E-state index < -0.39 is 30.5 Å². The van der Waals surface area contributed by atoms with E-state index in [4.69, 9.17) is 14.6 Å². The molecule has 26 heavy (non-hydrogen) atoms. The van der Waals surface area contributed by atoms with Gasteiger partial charge >= 0.3 is 12.1 Å². The van der Waals surface area contributed by atoms with Gasteiger partial charge in [0.15, 0.2) is 0 Å². The van der Waals surface area contributed by atoms with Gasteiger partial charge in [-0.15, -0.1) is 0 Å². The number of carboxylic acid groups (broad SMARTS) is 1. The van der Waals surface area contributed by atoms with Crippen LogP contribution in [0.2, 0.25) is 0 Å². The number of phenolic OH excluding ortho intramolecular Hbond substituents is 1. The van der Waals surface area contributed by atoms with Gasteiger partial charge in [0.1, 0.15) is 5.75 Å². The number of aliphatic carboxylic acids is 1. The van der Waals surface area contributed by atoms with Gasteiger partial charge in [-0.05, 0) is 25.3 Å². The Morgan fingerprint density at radius 2 is 2.00 bits per heavy atom. The average Bonchev–Trinajstić information content (AvgIpc) is 2.57. The molecule has 0 radical (unpaired) electrons. The number of hydrogen-bond donors (Lipinski definition) is 2. The van der Waals surface area contributed by atoms with Gasteiger partial charge in [-0.1, -0.05) is 30.4 Å². The van der Waals surface area contributed by atoms with Crippen LogP contribution in [-0.2, 0) is 14.3 Å². The molecule has 1 aromatic carbocycles. The molecule has 0 bridgehead atoms. The summed E-state index contributed by atoms with van der Waals surface area (Å²) in [5, 5.41) is 18.6. The predicted octanol–water partition coefficient (Wildman–Crippen LogP) is 4.19. The van der Waals surface area contributed by atoms with Crippen molar-refractivity contribution in [2.75, 3.05) is 6.61 Å². The fourth-order valence-electron chi connectivity index (χ4n) is 2.76. The van der Waals surface area contributed by atoms with Crippen LogP contribution in [0.25, 0.3) is 0 Å². The van der Waals surface area contributed by atoms with Gasteiger partial charge < -0.3 is 19.7 Å². The molecule has 1 aromatic rings. The normalized spacial score (nSPS) is 24.0. The SMILES string of the molecule is O=C(O)CCCC=CCC1COC(C(F)(F)F)OC1c1ccccc1O. The first-order chi connectivity index (χ1) is 12.3. The van der Waals surface area contributed by atoms with E-state index in [1.54, 1.807) is 24.3 Å². The zero-order valence-electron chi connectivity index (χ0n) is 14.0. The Balaban J connectivity index is 2.05. The van der Waals surface area contributed by atoms with Crippen molar-refractivity contribution < 1.29 is 37.7 Å². The second-order valence-corrected chi connectivity index (χ2v) is 6.08. The smallest absolute Gasteiger partial charge is 0.440 e. The lowest BCUT2D eigenvalue weighted by Gasteiger charge is -2.37. The molecule has 0 aromatic heterocycles. The topological polar surface area (TPSA) is 76.0 Å². The van der Waals surface area contributed by atoms with Gasteiger partial charge in [0, 0.05) is 17.9 Å². The predicted molar refractivity (Wildman–Crippen MR) is 86.5 cm³/mol. The molecule has 0 saturated carbocycles. The zero-order chi connectivity index (χ0) is 19.2. The van der Waals surface area contributed by atoms with Crippen molar-refractivity contribution in [1.29, 1.82) is 0 Å². The summed E-state index contributed by atoms with van der Waals surface area (Å²) in [6.07, 6.45) is -2.87. The van der Waals surface area contributed by atoms with Crippen molar-refractivity contribution in [3.63, 3.8) is 0 Å². The number of carboxylic acids is 1. The number of rotatable bonds is 7. The highest BCUT2D eigenvalue weighted by atomic mass is 19.4. The van der Waals surface area contributed by atoms with Crippen molar-refractivity contribution in [1.82, 2.24) is 0 Å². The number of aromatic hydroxyl groups is 1. The largest absolute Gasteiger partial charge is 0.508 e. The second kappa shape index (κ2) is 9.05. The number of allylic oxidation sites excluding steroid dienone is 2. The van der Waals surface area contributed by atoms with Crippen LogP contribution < -0.4 is 0 Å². The summed E-state index contributed by atoms with van der Waals surface area (Å²) in [5.41, 5.74) is 0.286. The molecule has 0 amide bonds. The lowest BCUT2D eigenvalue weighted by Crippen LogP contribution is -2.43. The lowest BCUT2D eigenvalue weighted by atomic mass is 9.91. The van der Waals surface area contributed by atoms with Gasteiger partial charge in [0.2, 0.25) is 0 Å². The minimum Gasteiger partial charge on any atom is -0.508 e. The minimum atomic E-state index is -4.65. The van der Waals surface area contributed by atoms with Crippen LogP contribution in [-0.4, -0.2) is 35.3 Å². The first-order valence-corrected chi connectivity index (χ1v) is 8.27. The number of alkyl halides is 3. The highest BCUT2D eigenvalue weighted by molar-refractivity contribution is 5.66. The Kier molecular flexibility index (Phi) is 7.05. The summed E-state index contributed by atoms with van der Waals surface area (Å²) in [5.74, 6) is -1.40. The molecule has 0 aliphatic carbocycles. The van der Waals surface area contributed by atoms with Crippen LogP contribution in [0.15, 0.2) is 36.4 Å². The molecule has 1 saturated heterocycles. The highest BCUT2D eigenvalue weighted by Crippen LogP contribution is 2.41. The minimum absolute atomic E-state index is 0.0633. The number of halogens is 3. The molecule has 1 aliphatic rings. The number of benzene rings is 1. The van der Waals surface area contributed by atoms with Gasteiger partial charge in [0.05, 0.1) is 12.7 Å². The fraction of sp³-hybridized carbons (Fsp3) is 0.500. The molecule has 8 heteroatoms. The molecule has 1 heterocycles. The Hall–Kier alpha value is -2.06. The van der Waals surface area contributed by atoms with E-state index in [9.17, 15) is 23.1 Å². The Labute approximate surface area is 149 Å². The third kappa shape index (κ3) is 5.74. The maximum Gasteiger partial charge on any atom is 0.440 e. The maximum atomic E-state index is 12.9. The third-order valence-electron chi connectivity index (χ3n) is 4.04. The molecule has 2 rings (SSSR count). The molecule has 144 valence electrons. The van der Waals surface area contributed by atoms with Crippen LogP contribution in [0.5, 0.6) is 5.75 Å². The Bertz CT molecular complexity index is 629. The quantitative estimate of drug-likeness (QED) is 0.553. The first-order valence-electron chi connectivity index (χ1n) is 8.27. The zero-order valence-corrected chi connectivity index (χ0v) is 14.0. The number of carbonyl (C=O) groups is 1. The first kappa shape index (κ1) is 20.3. The van der Waals surface area contributed by atoms with Crippen LogP contribution in [0.3, 0.4) is 0 Å². The van der Waals surface area contributed by atoms with E-state index in [-0.39, 0.29) is 24.3 Å². The molecule has 1 fully saturated rings. The van der Waals surface area contributed by atoms with E-state index in [0.717, 1.165) is 0 Å². The molecular formula is C18H21F3O5. The van der Waals surface area contributed by atoms with E-state index in [1.807, 2.05) is 0 Å². The fourth-order valence-corrected chi connectivity index (χ4v) is 2.76. The summed E-state index contributed by atoms with van der Waals surface area (Å²) in [6, 6.07) is 6.13. The number of ether oxygens (including phenoxy) is 2. The van der Waals surface area contributed by atoms with Crippen LogP contribution in [0.1, 0.15) is 37.4 Å². The number of hydrogen-bond acceptors (Lipinski definition) is 4. The third-order valence-corrected chi connectivity index (χ3v) is 4.04. The van der Waals surface area contributed by atoms with E-state index in [0.29, 0.717) is 19.3 Å². The molecule has 2 N–H and O–H groups in total. The summed E-state index contributed by atoms with van der Waals surface area (Å²) in [4.78, 5) is 10.5. The van der Waals surface area contributed by atoms with Crippen molar-refractivity contribution in [3.8, 4) is 5.75 Å². The van der Waals surface area contributed by atoms with E-state index in [2.05, 4.69) is 0 Å². The highest BCUT2D eigenvalue weighted by Gasteiger charge is 2.48. The summed E-state index contributed by atoms with van der Waals surface area (Å²) < 4.78 is 48.8. The number of phenols is 1. The molecular weight excluding hydrogens is 353 g/mol. The van der Waals surface area contributed by atoms with Crippen LogP contribution in [0.4, 0.5) is 13.2 Å². The second-order valence-electron chi connectivity index (χ2n) is 6.08. The van der Waals surface area contributed by atoms with Crippen molar-refractivity contribution >= 4 is 5.97 Å². The number of unbranched alkanes of at least 4 members (excludes halogenated alkanes) is 1. The van der Waals surface area contributed by atoms with Gasteiger partial charge in [-0.2, -0.15) is 13.2 Å². The Morgan fingerprint density at radius 1 is 1.27 bits per heavy atom. The van der Waals surface area contributed by atoms with Gasteiger partial charge in [-0.25, -0.2) is 0 Å². The van der Waals surface area contributed by atoms with Crippen LogP contribution >= 0.6 is 0 Å². The molecule has 0 spiro atoms.